The van der Waals surface area contributed by atoms with Crippen LogP contribution in [0.1, 0.15) is 47.6 Å². The van der Waals surface area contributed by atoms with Crippen molar-refractivity contribution in [1.29, 1.82) is 0 Å². The third-order valence-corrected chi connectivity index (χ3v) is 4.87. The molecule has 0 spiro atoms. The fourth-order valence-electron chi connectivity index (χ4n) is 3.16. The molecule has 128 valence electrons. The van der Waals surface area contributed by atoms with Gasteiger partial charge in [-0.3, -0.25) is 4.79 Å². The number of piperidine rings is 1. The van der Waals surface area contributed by atoms with Crippen molar-refractivity contribution in [2.75, 3.05) is 13.1 Å². The summed E-state index contributed by atoms with van der Waals surface area (Å²) in [6.07, 6.45) is 2.70. The summed E-state index contributed by atoms with van der Waals surface area (Å²) in [6.45, 7) is 3.86. The lowest BCUT2D eigenvalue weighted by Crippen LogP contribution is -2.39. The summed E-state index contributed by atoms with van der Waals surface area (Å²) in [7, 11) is 0. The van der Waals surface area contributed by atoms with Gasteiger partial charge < -0.3 is 15.2 Å². The molecule has 24 heavy (non-hydrogen) atoms. The Morgan fingerprint density at radius 2 is 2.17 bits per heavy atom. The number of aromatic nitrogens is 1. The topological polar surface area (TPSA) is 67.2 Å². The van der Waals surface area contributed by atoms with Crippen LogP contribution in [0.3, 0.4) is 0 Å². The smallest absolute Gasteiger partial charge is 0.273 e. The van der Waals surface area contributed by atoms with Crippen LogP contribution in [-0.4, -0.2) is 24.2 Å². The lowest BCUT2D eigenvalue weighted by molar-refractivity contribution is 0.0905. The molecule has 1 aromatic carbocycles. The molecule has 1 amide bonds. The number of nitrogens with zero attached hydrogens (tertiary/aromatic N) is 1. The van der Waals surface area contributed by atoms with Crippen LogP contribution >= 0.6 is 11.6 Å². The summed E-state index contributed by atoms with van der Waals surface area (Å²) < 4.78 is 5.14. The largest absolute Gasteiger partial charge is 0.361 e. The van der Waals surface area contributed by atoms with E-state index in [4.69, 9.17) is 16.1 Å². The number of hydrogen-bond donors (Lipinski definition) is 2. The summed E-state index contributed by atoms with van der Waals surface area (Å²) in [5.74, 6) is 0.825. The van der Waals surface area contributed by atoms with Crippen molar-refractivity contribution in [3.63, 3.8) is 0 Å². The van der Waals surface area contributed by atoms with E-state index in [2.05, 4.69) is 15.8 Å². The monoisotopic (exact) mass is 347 g/mol. The zero-order chi connectivity index (χ0) is 16.9. The summed E-state index contributed by atoms with van der Waals surface area (Å²) in [4.78, 5) is 12.6. The van der Waals surface area contributed by atoms with Gasteiger partial charge in [0.25, 0.3) is 5.91 Å². The first-order chi connectivity index (χ1) is 11.7. The molecule has 1 saturated heterocycles. The molecule has 0 saturated carbocycles. The molecule has 2 heterocycles. The number of rotatable bonds is 5. The Morgan fingerprint density at radius 3 is 2.83 bits per heavy atom. The number of carbonyl (C=O) groups is 1. The van der Waals surface area contributed by atoms with E-state index in [1.165, 1.54) is 0 Å². The van der Waals surface area contributed by atoms with Crippen molar-refractivity contribution >= 4 is 17.5 Å². The fourth-order valence-corrected chi connectivity index (χ4v) is 3.41. The quantitative estimate of drug-likeness (QED) is 0.870. The highest BCUT2D eigenvalue weighted by atomic mass is 35.5. The normalized spacial score (nSPS) is 16.8. The van der Waals surface area contributed by atoms with Crippen LogP contribution in [0.15, 0.2) is 34.9 Å². The molecule has 0 bridgehead atoms. The summed E-state index contributed by atoms with van der Waals surface area (Å²) in [6, 6.07) is 9.26. The Hall–Kier alpha value is -1.85. The number of hydrogen-bond acceptors (Lipinski definition) is 4. The highest BCUT2D eigenvalue weighted by Gasteiger charge is 2.29. The van der Waals surface area contributed by atoms with E-state index in [0.29, 0.717) is 28.8 Å². The number of halogens is 1. The summed E-state index contributed by atoms with van der Waals surface area (Å²) in [5, 5.41) is 11.0. The molecule has 0 aliphatic carbocycles. The highest BCUT2D eigenvalue weighted by molar-refractivity contribution is 6.31. The van der Waals surface area contributed by atoms with Gasteiger partial charge >= 0.3 is 0 Å². The van der Waals surface area contributed by atoms with Crippen LogP contribution in [0.4, 0.5) is 0 Å². The molecule has 2 N–H and O–H groups in total. The Bertz CT molecular complexity index is 695. The molecule has 1 aliphatic rings. The molecule has 2 aromatic rings. The average molecular weight is 348 g/mol. The van der Waals surface area contributed by atoms with Crippen molar-refractivity contribution in [3.8, 4) is 0 Å². The third kappa shape index (κ3) is 3.79. The molecular formula is C18H22ClN3O2. The Kier molecular flexibility index (Phi) is 5.53. The molecule has 1 fully saturated rings. The number of amides is 1. The lowest BCUT2D eigenvalue weighted by atomic mass is 9.85. The lowest BCUT2D eigenvalue weighted by Gasteiger charge is -2.32. The van der Waals surface area contributed by atoms with Crippen molar-refractivity contribution < 1.29 is 9.32 Å². The van der Waals surface area contributed by atoms with Crippen LogP contribution in [0.2, 0.25) is 5.02 Å². The molecule has 1 unspecified atom stereocenters. The van der Waals surface area contributed by atoms with Gasteiger partial charge in [-0.05, 0) is 43.5 Å². The highest BCUT2D eigenvalue weighted by Crippen LogP contribution is 2.33. The van der Waals surface area contributed by atoms with E-state index < -0.39 is 0 Å². The second-order valence-electron chi connectivity index (χ2n) is 6.09. The van der Waals surface area contributed by atoms with Crippen molar-refractivity contribution in [1.82, 2.24) is 15.8 Å². The molecule has 3 rings (SSSR count). The average Bonchev–Trinajstić information content (AvgIpc) is 3.10. The predicted molar refractivity (Wildman–Crippen MR) is 93.1 cm³/mol. The van der Waals surface area contributed by atoms with Crippen LogP contribution < -0.4 is 10.6 Å². The number of nitrogens with one attached hydrogen (secondary N) is 2. The SMILES string of the molecule is CCc1cc(C(=O)NC(c2ccccc2Cl)C2CCNCC2)no1. The van der Waals surface area contributed by atoms with Gasteiger partial charge in [-0.2, -0.15) is 0 Å². The minimum atomic E-state index is -0.220. The molecule has 1 aliphatic heterocycles. The molecule has 5 nitrogen and oxygen atoms in total. The van der Waals surface area contributed by atoms with Gasteiger partial charge in [0.15, 0.2) is 5.69 Å². The van der Waals surface area contributed by atoms with Crippen LogP contribution in [-0.2, 0) is 6.42 Å². The van der Waals surface area contributed by atoms with E-state index in [9.17, 15) is 4.79 Å². The van der Waals surface area contributed by atoms with Gasteiger partial charge in [0.2, 0.25) is 0 Å². The van der Waals surface area contributed by atoms with Gasteiger partial charge in [-0.25, -0.2) is 0 Å². The Morgan fingerprint density at radius 1 is 1.42 bits per heavy atom. The first kappa shape index (κ1) is 17.0. The minimum Gasteiger partial charge on any atom is -0.361 e. The van der Waals surface area contributed by atoms with Crippen LogP contribution in [0.5, 0.6) is 0 Å². The maximum absolute atomic E-state index is 12.6. The standard InChI is InChI=1S/C18H22ClN3O2/c1-2-13-11-16(22-24-13)18(23)21-17(12-7-9-20-10-8-12)14-5-3-4-6-15(14)19/h3-6,11-12,17,20H,2,7-10H2,1H3,(H,21,23). The van der Waals surface area contributed by atoms with E-state index in [-0.39, 0.29) is 11.9 Å². The van der Waals surface area contributed by atoms with Crippen molar-refractivity contribution in [2.24, 2.45) is 5.92 Å². The number of aryl methyl sites for hydroxylation is 1. The first-order valence-corrected chi connectivity index (χ1v) is 8.78. The molecule has 0 radical (unpaired) electrons. The van der Waals surface area contributed by atoms with Gasteiger partial charge in [0.05, 0.1) is 6.04 Å². The van der Waals surface area contributed by atoms with E-state index >= 15 is 0 Å². The maximum atomic E-state index is 12.6. The third-order valence-electron chi connectivity index (χ3n) is 4.52. The summed E-state index contributed by atoms with van der Waals surface area (Å²) >= 11 is 6.39. The number of benzene rings is 1. The van der Waals surface area contributed by atoms with Gasteiger partial charge in [-0.1, -0.05) is 41.9 Å². The van der Waals surface area contributed by atoms with Gasteiger partial charge in [0.1, 0.15) is 5.76 Å². The second-order valence-corrected chi connectivity index (χ2v) is 6.50. The molecule has 6 heteroatoms. The Balaban J connectivity index is 1.84. The molecule has 1 atom stereocenters. The van der Waals surface area contributed by atoms with E-state index in [1.807, 2.05) is 31.2 Å². The number of carbonyl (C=O) groups excluding carboxylic acids is 1. The van der Waals surface area contributed by atoms with Crippen LogP contribution in [0.25, 0.3) is 0 Å². The minimum absolute atomic E-state index is 0.130. The van der Waals surface area contributed by atoms with E-state index in [0.717, 1.165) is 31.5 Å². The molecular weight excluding hydrogens is 326 g/mol. The summed E-state index contributed by atoms with van der Waals surface area (Å²) in [5.41, 5.74) is 1.27. The molecule has 1 aromatic heterocycles. The second kappa shape index (κ2) is 7.81. The zero-order valence-electron chi connectivity index (χ0n) is 13.7. The first-order valence-electron chi connectivity index (χ1n) is 8.40. The van der Waals surface area contributed by atoms with E-state index in [1.54, 1.807) is 6.07 Å². The Labute approximate surface area is 146 Å². The zero-order valence-corrected chi connectivity index (χ0v) is 14.5. The van der Waals surface area contributed by atoms with Crippen LogP contribution in [0, 0.1) is 5.92 Å². The maximum Gasteiger partial charge on any atom is 0.273 e. The van der Waals surface area contributed by atoms with Gasteiger partial charge in [-0.15, -0.1) is 0 Å². The van der Waals surface area contributed by atoms with Crippen molar-refractivity contribution in [2.45, 2.75) is 32.2 Å². The predicted octanol–water partition coefficient (Wildman–Crippen LogP) is 3.36. The fraction of sp³-hybridized carbons (Fsp3) is 0.444. The van der Waals surface area contributed by atoms with Crippen molar-refractivity contribution in [3.05, 3.63) is 52.4 Å². The van der Waals surface area contributed by atoms with Gasteiger partial charge in [0, 0.05) is 17.5 Å².